The summed E-state index contributed by atoms with van der Waals surface area (Å²) >= 11 is 13.3. The van der Waals surface area contributed by atoms with Crippen molar-refractivity contribution in [3.63, 3.8) is 0 Å². The van der Waals surface area contributed by atoms with Gasteiger partial charge in [0.1, 0.15) is 10.2 Å². The summed E-state index contributed by atoms with van der Waals surface area (Å²) in [5, 5.41) is 9.89. The van der Waals surface area contributed by atoms with E-state index < -0.39 is 0 Å². The largest absolute Gasteiger partial charge is 0.362 e. The molecular formula is C22H25Cl2N5O. The van der Waals surface area contributed by atoms with Crippen LogP contribution in [0, 0.1) is 12.8 Å². The highest BCUT2D eigenvalue weighted by Gasteiger charge is 2.33. The minimum Gasteiger partial charge on any atom is -0.362 e. The quantitative estimate of drug-likeness (QED) is 0.551. The van der Waals surface area contributed by atoms with Gasteiger partial charge in [-0.1, -0.05) is 55.2 Å². The lowest BCUT2D eigenvalue weighted by Crippen LogP contribution is -2.29. The smallest absolute Gasteiger partial charge is 0.292 e. The van der Waals surface area contributed by atoms with E-state index in [1.807, 2.05) is 41.9 Å². The van der Waals surface area contributed by atoms with Gasteiger partial charge in [0.15, 0.2) is 0 Å². The van der Waals surface area contributed by atoms with Gasteiger partial charge in [-0.05, 0) is 37.8 Å². The molecule has 30 heavy (non-hydrogen) atoms. The molecule has 4 rings (SSSR count). The van der Waals surface area contributed by atoms with Crippen LogP contribution in [0.1, 0.15) is 44.0 Å². The maximum Gasteiger partial charge on any atom is 0.292 e. The SMILES string of the molecule is Cc1nn(CC(C)C)c(Cl)c1C1CCCN1c1cnn(-c2ccccc2)c(=O)c1Cl. The molecule has 0 saturated carbocycles. The van der Waals surface area contributed by atoms with Crippen molar-refractivity contribution in [3.8, 4) is 5.69 Å². The molecule has 0 N–H and O–H groups in total. The van der Waals surface area contributed by atoms with E-state index in [2.05, 4.69) is 28.9 Å². The average molecular weight is 446 g/mol. The summed E-state index contributed by atoms with van der Waals surface area (Å²) in [5.41, 5.74) is 2.92. The molecular weight excluding hydrogens is 421 g/mol. The van der Waals surface area contributed by atoms with Gasteiger partial charge < -0.3 is 4.90 Å². The first kappa shape index (κ1) is 20.9. The molecule has 1 unspecified atom stereocenters. The van der Waals surface area contributed by atoms with Gasteiger partial charge in [-0.15, -0.1) is 0 Å². The number of anilines is 1. The molecule has 0 spiro atoms. The number of hydrogen-bond acceptors (Lipinski definition) is 4. The zero-order valence-electron chi connectivity index (χ0n) is 17.3. The molecule has 1 fully saturated rings. The summed E-state index contributed by atoms with van der Waals surface area (Å²) in [6.45, 7) is 7.82. The Bertz CT molecular complexity index is 1110. The van der Waals surface area contributed by atoms with Gasteiger partial charge in [-0.25, -0.2) is 0 Å². The summed E-state index contributed by atoms with van der Waals surface area (Å²) in [4.78, 5) is 15.1. The molecule has 0 aliphatic carbocycles. The number of hydrogen-bond donors (Lipinski definition) is 0. The van der Waals surface area contributed by atoms with Crippen LogP contribution in [0.3, 0.4) is 0 Å². The van der Waals surface area contributed by atoms with Crippen molar-refractivity contribution in [1.82, 2.24) is 19.6 Å². The fourth-order valence-electron chi connectivity index (χ4n) is 4.15. The Morgan fingerprint density at radius 2 is 1.93 bits per heavy atom. The maximum atomic E-state index is 12.9. The van der Waals surface area contributed by atoms with Gasteiger partial charge in [0.2, 0.25) is 0 Å². The minimum atomic E-state index is -0.329. The van der Waals surface area contributed by atoms with Crippen LogP contribution in [0.4, 0.5) is 5.69 Å². The fraction of sp³-hybridized carbons (Fsp3) is 0.409. The number of para-hydroxylation sites is 1. The van der Waals surface area contributed by atoms with Crippen LogP contribution in [0.2, 0.25) is 10.2 Å². The molecule has 1 saturated heterocycles. The second-order valence-electron chi connectivity index (χ2n) is 8.11. The lowest BCUT2D eigenvalue weighted by molar-refractivity contribution is 0.481. The average Bonchev–Trinajstić information content (AvgIpc) is 3.28. The molecule has 0 bridgehead atoms. The molecule has 0 radical (unpaired) electrons. The predicted molar refractivity (Wildman–Crippen MR) is 121 cm³/mol. The number of benzene rings is 1. The number of rotatable bonds is 5. The standard InChI is InChI=1S/C22H25Cl2N5O/c1-14(2)13-28-21(24)19(15(3)26-28)17-10-7-11-27(17)18-12-25-29(22(30)20(18)23)16-8-5-4-6-9-16/h4-6,8-9,12,14,17H,7,10-11,13H2,1-3H3. The van der Waals surface area contributed by atoms with Crippen molar-refractivity contribution < 1.29 is 0 Å². The lowest BCUT2D eigenvalue weighted by Gasteiger charge is -2.27. The molecule has 1 aliphatic heterocycles. The number of halogens is 2. The molecule has 8 heteroatoms. The Kier molecular flexibility index (Phi) is 5.89. The summed E-state index contributed by atoms with van der Waals surface area (Å²) in [7, 11) is 0. The minimum absolute atomic E-state index is 0.0182. The van der Waals surface area contributed by atoms with Crippen molar-refractivity contribution in [3.05, 3.63) is 68.3 Å². The normalized spacial score (nSPS) is 16.6. The zero-order valence-corrected chi connectivity index (χ0v) is 18.9. The monoisotopic (exact) mass is 445 g/mol. The first-order chi connectivity index (χ1) is 14.4. The van der Waals surface area contributed by atoms with E-state index >= 15 is 0 Å². The molecule has 6 nitrogen and oxygen atoms in total. The van der Waals surface area contributed by atoms with E-state index in [1.165, 1.54) is 4.68 Å². The van der Waals surface area contributed by atoms with Gasteiger partial charge in [0.05, 0.1) is 29.3 Å². The molecule has 1 atom stereocenters. The Balaban J connectivity index is 1.72. The predicted octanol–water partition coefficient (Wildman–Crippen LogP) is 5.04. The highest BCUT2D eigenvalue weighted by atomic mass is 35.5. The number of nitrogens with zero attached hydrogens (tertiary/aromatic N) is 5. The third kappa shape index (κ3) is 3.74. The van der Waals surface area contributed by atoms with Crippen LogP contribution in [0.15, 0.2) is 41.3 Å². The Morgan fingerprint density at radius 3 is 2.63 bits per heavy atom. The Labute approximate surface area is 186 Å². The summed E-state index contributed by atoms with van der Waals surface area (Å²) < 4.78 is 3.20. The van der Waals surface area contributed by atoms with E-state index in [4.69, 9.17) is 23.2 Å². The molecule has 3 aromatic rings. The second kappa shape index (κ2) is 8.44. The third-order valence-corrected chi connectivity index (χ3v) is 6.20. The van der Waals surface area contributed by atoms with E-state index in [9.17, 15) is 4.79 Å². The topological polar surface area (TPSA) is 56.0 Å². The van der Waals surface area contributed by atoms with Gasteiger partial charge in [0, 0.05) is 18.7 Å². The molecule has 1 aromatic carbocycles. The van der Waals surface area contributed by atoms with Crippen LogP contribution in [-0.2, 0) is 6.54 Å². The zero-order chi connectivity index (χ0) is 21.4. The van der Waals surface area contributed by atoms with Crippen LogP contribution in [0.25, 0.3) is 5.69 Å². The van der Waals surface area contributed by atoms with Crippen molar-refractivity contribution in [2.24, 2.45) is 5.92 Å². The van der Waals surface area contributed by atoms with Crippen LogP contribution >= 0.6 is 23.2 Å². The molecule has 2 aromatic heterocycles. The Hall–Kier alpha value is -2.31. The van der Waals surface area contributed by atoms with Crippen molar-refractivity contribution >= 4 is 28.9 Å². The first-order valence-electron chi connectivity index (χ1n) is 10.2. The highest BCUT2D eigenvalue weighted by Crippen LogP contribution is 2.41. The van der Waals surface area contributed by atoms with Gasteiger partial charge in [-0.3, -0.25) is 9.48 Å². The lowest BCUT2D eigenvalue weighted by atomic mass is 10.1. The van der Waals surface area contributed by atoms with Gasteiger partial charge >= 0.3 is 0 Å². The highest BCUT2D eigenvalue weighted by molar-refractivity contribution is 6.33. The van der Waals surface area contributed by atoms with Crippen LogP contribution in [-0.4, -0.2) is 26.1 Å². The Morgan fingerprint density at radius 1 is 1.20 bits per heavy atom. The summed E-state index contributed by atoms with van der Waals surface area (Å²) in [5.74, 6) is 0.443. The summed E-state index contributed by atoms with van der Waals surface area (Å²) in [6, 6.07) is 9.29. The van der Waals surface area contributed by atoms with Crippen molar-refractivity contribution in [2.45, 2.75) is 46.2 Å². The van der Waals surface area contributed by atoms with Gasteiger partial charge in [-0.2, -0.15) is 14.9 Å². The van der Waals surface area contributed by atoms with Gasteiger partial charge in [0.25, 0.3) is 5.56 Å². The third-order valence-electron chi connectivity index (χ3n) is 5.44. The van der Waals surface area contributed by atoms with Crippen molar-refractivity contribution in [1.29, 1.82) is 0 Å². The van der Waals surface area contributed by atoms with Crippen LogP contribution < -0.4 is 10.5 Å². The number of aryl methyl sites for hydroxylation is 1. The second-order valence-corrected chi connectivity index (χ2v) is 8.85. The maximum absolute atomic E-state index is 12.9. The van der Waals surface area contributed by atoms with E-state index in [-0.39, 0.29) is 16.6 Å². The molecule has 158 valence electrons. The molecule has 1 aliphatic rings. The number of aromatic nitrogens is 4. The van der Waals surface area contributed by atoms with Crippen molar-refractivity contribution in [2.75, 3.05) is 11.4 Å². The first-order valence-corrected chi connectivity index (χ1v) is 11.0. The summed E-state index contributed by atoms with van der Waals surface area (Å²) in [6.07, 6.45) is 3.58. The fourth-order valence-corrected chi connectivity index (χ4v) is 4.75. The van der Waals surface area contributed by atoms with E-state index in [0.717, 1.165) is 37.2 Å². The van der Waals surface area contributed by atoms with E-state index in [1.54, 1.807) is 6.20 Å². The molecule has 3 heterocycles. The van der Waals surface area contributed by atoms with Crippen LogP contribution in [0.5, 0.6) is 0 Å². The van der Waals surface area contributed by atoms with E-state index in [0.29, 0.717) is 22.4 Å². The molecule has 0 amide bonds.